The van der Waals surface area contributed by atoms with Gasteiger partial charge in [-0.1, -0.05) is 26.0 Å². The van der Waals surface area contributed by atoms with E-state index in [4.69, 9.17) is 0 Å². The minimum Gasteiger partial charge on any atom is -0.306 e. The maximum absolute atomic E-state index is 2.31. The van der Waals surface area contributed by atoms with E-state index in [9.17, 15) is 0 Å². The highest BCUT2D eigenvalue weighted by molar-refractivity contribution is 4.92. The third-order valence-electron chi connectivity index (χ3n) is 1.97. The molecular formula is C10H21N. The molecule has 1 aliphatic carbocycles. The first-order valence-electron chi connectivity index (χ1n) is 4.62. The summed E-state index contributed by atoms with van der Waals surface area (Å²) in [5, 5.41) is 0. The summed E-state index contributed by atoms with van der Waals surface area (Å²) in [6.07, 6.45) is 8.41. The molecule has 0 N–H and O–H groups in total. The zero-order chi connectivity index (χ0) is 8.69. The highest BCUT2D eigenvalue weighted by atomic mass is 15.1. The lowest BCUT2D eigenvalue weighted by molar-refractivity contribution is 0.276. The molecule has 66 valence electrons. The SMILES string of the molecule is CC.CN(C)[C@H]1CC=CCC1. The fourth-order valence-corrected chi connectivity index (χ4v) is 1.25. The summed E-state index contributed by atoms with van der Waals surface area (Å²) >= 11 is 0. The summed E-state index contributed by atoms with van der Waals surface area (Å²) < 4.78 is 0. The van der Waals surface area contributed by atoms with E-state index in [-0.39, 0.29) is 0 Å². The van der Waals surface area contributed by atoms with Crippen LogP contribution in [0.15, 0.2) is 12.2 Å². The van der Waals surface area contributed by atoms with Crippen molar-refractivity contribution in [3.63, 3.8) is 0 Å². The lowest BCUT2D eigenvalue weighted by atomic mass is 10.0. The molecular weight excluding hydrogens is 134 g/mol. The fraction of sp³-hybridized carbons (Fsp3) is 0.800. The smallest absolute Gasteiger partial charge is 0.0127 e. The van der Waals surface area contributed by atoms with Crippen molar-refractivity contribution in [3.8, 4) is 0 Å². The Hall–Kier alpha value is -0.300. The molecule has 0 aromatic heterocycles. The molecule has 11 heavy (non-hydrogen) atoms. The Morgan fingerprint density at radius 3 is 2.09 bits per heavy atom. The zero-order valence-electron chi connectivity index (χ0n) is 8.30. The largest absolute Gasteiger partial charge is 0.306 e. The van der Waals surface area contributed by atoms with Crippen molar-refractivity contribution in [1.82, 2.24) is 4.90 Å². The molecule has 0 aromatic carbocycles. The summed E-state index contributed by atoms with van der Waals surface area (Å²) in [5.41, 5.74) is 0. The molecule has 0 fully saturated rings. The van der Waals surface area contributed by atoms with Gasteiger partial charge in [-0.15, -0.1) is 0 Å². The van der Waals surface area contributed by atoms with Crippen LogP contribution in [0.25, 0.3) is 0 Å². The van der Waals surface area contributed by atoms with E-state index in [1.165, 1.54) is 19.3 Å². The maximum Gasteiger partial charge on any atom is 0.0127 e. The summed E-state index contributed by atoms with van der Waals surface area (Å²) in [5.74, 6) is 0. The van der Waals surface area contributed by atoms with E-state index in [0.29, 0.717) is 0 Å². The van der Waals surface area contributed by atoms with Crippen LogP contribution in [0.5, 0.6) is 0 Å². The second-order valence-electron chi connectivity index (χ2n) is 2.90. The molecule has 1 atom stereocenters. The number of hydrogen-bond donors (Lipinski definition) is 0. The van der Waals surface area contributed by atoms with Crippen LogP contribution in [0.2, 0.25) is 0 Å². The van der Waals surface area contributed by atoms with Crippen LogP contribution in [0.4, 0.5) is 0 Å². The molecule has 0 unspecified atom stereocenters. The minimum absolute atomic E-state index is 0.801. The van der Waals surface area contributed by atoms with Crippen molar-refractivity contribution in [2.24, 2.45) is 0 Å². The van der Waals surface area contributed by atoms with Gasteiger partial charge in [-0.25, -0.2) is 0 Å². The second kappa shape index (κ2) is 6.41. The molecule has 0 aromatic rings. The lowest BCUT2D eigenvalue weighted by Crippen LogP contribution is -2.28. The zero-order valence-corrected chi connectivity index (χ0v) is 8.30. The van der Waals surface area contributed by atoms with E-state index in [1.54, 1.807) is 0 Å². The molecule has 0 amide bonds. The molecule has 0 spiro atoms. The van der Waals surface area contributed by atoms with Gasteiger partial charge < -0.3 is 4.90 Å². The van der Waals surface area contributed by atoms with E-state index < -0.39 is 0 Å². The van der Waals surface area contributed by atoms with Gasteiger partial charge in [-0.3, -0.25) is 0 Å². The fourth-order valence-electron chi connectivity index (χ4n) is 1.25. The molecule has 1 heteroatoms. The second-order valence-corrected chi connectivity index (χ2v) is 2.90. The standard InChI is InChI=1S/C8H15N.C2H6/c1-9(2)8-6-4-3-5-7-8;1-2/h3-4,8H,5-7H2,1-2H3;1-2H3/t8-;/m0./s1. The van der Waals surface area contributed by atoms with Gasteiger partial charge in [0.2, 0.25) is 0 Å². The van der Waals surface area contributed by atoms with Crippen LogP contribution in [0, 0.1) is 0 Å². The predicted octanol–water partition coefficient (Wildman–Crippen LogP) is 2.68. The van der Waals surface area contributed by atoms with E-state index in [2.05, 4.69) is 31.1 Å². The summed E-state index contributed by atoms with van der Waals surface area (Å²) in [6.45, 7) is 4.00. The Balaban J connectivity index is 0.000000461. The van der Waals surface area contributed by atoms with Crippen LogP contribution in [-0.2, 0) is 0 Å². The van der Waals surface area contributed by atoms with Crippen molar-refractivity contribution in [2.75, 3.05) is 14.1 Å². The van der Waals surface area contributed by atoms with Crippen molar-refractivity contribution < 1.29 is 0 Å². The van der Waals surface area contributed by atoms with E-state index >= 15 is 0 Å². The predicted molar refractivity (Wildman–Crippen MR) is 51.8 cm³/mol. The number of hydrogen-bond acceptors (Lipinski definition) is 1. The van der Waals surface area contributed by atoms with Gasteiger partial charge in [0.25, 0.3) is 0 Å². The first-order chi connectivity index (χ1) is 5.30. The number of allylic oxidation sites excluding steroid dienone is 1. The number of nitrogens with zero attached hydrogens (tertiary/aromatic N) is 1. The quantitative estimate of drug-likeness (QED) is 0.526. The van der Waals surface area contributed by atoms with Crippen LogP contribution in [0.3, 0.4) is 0 Å². The van der Waals surface area contributed by atoms with Gasteiger partial charge in [-0.05, 0) is 33.4 Å². The van der Waals surface area contributed by atoms with Crippen molar-refractivity contribution in [2.45, 2.75) is 39.2 Å². The molecule has 0 saturated carbocycles. The maximum atomic E-state index is 2.31. The number of rotatable bonds is 1. The first-order valence-corrected chi connectivity index (χ1v) is 4.62. The third-order valence-corrected chi connectivity index (χ3v) is 1.97. The molecule has 0 saturated heterocycles. The summed E-state index contributed by atoms with van der Waals surface area (Å²) in [7, 11) is 4.31. The van der Waals surface area contributed by atoms with Crippen molar-refractivity contribution in [1.29, 1.82) is 0 Å². The highest BCUT2D eigenvalue weighted by Crippen LogP contribution is 2.13. The molecule has 0 bridgehead atoms. The monoisotopic (exact) mass is 155 g/mol. The van der Waals surface area contributed by atoms with Gasteiger partial charge in [-0.2, -0.15) is 0 Å². The van der Waals surface area contributed by atoms with Gasteiger partial charge >= 0.3 is 0 Å². The molecule has 0 aliphatic heterocycles. The van der Waals surface area contributed by atoms with Gasteiger partial charge in [0, 0.05) is 6.04 Å². The van der Waals surface area contributed by atoms with Crippen LogP contribution < -0.4 is 0 Å². The Kier molecular flexibility index (Phi) is 6.24. The average Bonchev–Trinajstić information content (AvgIpc) is 2.10. The normalized spacial score (nSPS) is 22.8. The van der Waals surface area contributed by atoms with Gasteiger partial charge in [0.15, 0.2) is 0 Å². The Labute approximate surface area is 71.1 Å². The van der Waals surface area contributed by atoms with Crippen LogP contribution in [0.1, 0.15) is 33.1 Å². The molecule has 0 radical (unpaired) electrons. The summed E-state index contributed by atoms with van der Waals surface area (Å²) in [4.78, 5) is 2.31. The van der Waals surface area contributed by atoms with Crippen LogP contribution in [-0.4, -0.2) is 25.0 Å². The molecule has 1 rings (SSSR count). The molecule has 1 aliphatic rings. The molecule has 0 heterocycles. The first kappa shape index (κ1) is 10.7. The highest BCUT2D eigenvalue weighted by Gasteiger charge is 2.10. The van der Waals surface area contributed by atoms with Crippen molar-refractivity contribution in [3.05, 3.63) is 12.2 Å². The summed E-state index contributed by atoms with van der Waals surface area (Å²) in [6, 6.07) is 0.801. The van der Waals surface area contributed by atoms with Crippen molar-refractivity contribution >= 4 is 0 Å². The van der Waals surface area contributed by atoms with Gasteiger partial charge in [0.1, 0.15) is 0 Å². The van der Waals surface area contributed by atoms with E-state index in [1.807, 2.05) is 13.8 Å². The van der Waals surface area contributed by atoms with E-state index in [0.717, 1.165) is 6.04 Å². The Morgan fingerprint density at radius 2 is 1.82 bits per heavy atom. The van der Waals surface area contributed by atoms with Crippen LogP contribution >= 0.6 is 0 Å². The average molecular weight is 155 g/mol. The Morgan fingerprint density at radius 1 is 1.18 bits per heavy atom. The minimum atomic E-state index is 0.801. The molecule has 1 nitrogen and oxygen atoms in total. The third kappa shape index (κ3) is 4.20. The Bertz CT molecular complexity index is 105. The topological polar surface area (TPSA) is 3.24 Å². The van der Waals surface area contributed by atoms with Gasteiger partial charge in [0.05, 0.1) is 0 Å². The lowest BCUT2D eigenvalue weighted by Gasteiger charge is -2.24.